The van der Waals surface area contributed by atoms with Crippen molar-refractivity contribution in [1.29, 1.82) is 0 Å². The van der Waals surface area contributed by atoms with Gasteiger partial charge in [0.05, 0.1) is 4.90 Å². The van der Waals surface area contributed by atoms with Crippen molar-refractivity contribution < 1.29 is 27.1 Å². The lowest BCUT2D eigenvalue weighted by atomic mass is 10.1. The molecule has 0 aliphatic carbocycles. The minimum atomic E-state index is -4.00. The lowest BCUT2D eigenvalue weighted by Gasteiger charge is -2.18. The number of halogens is 1. The van der Waals surface area contributed by atoms with Crippen LogP contribution in [0, 0.1) is 5.82 Å². The molecule has 3 rings (SSSR count). The van der Waals surface area contributed by atoms with Crippen molar-refractivity contribution in [3.8, 4) is 0 Å². The van der Waals surface area contributed by atoms with Crippen LogP contribution in [0.4, 0.5) is 4.39 Å². The van der Waals surface area contributed by atoms with Gasteiger partial charge < -0.3 is 9.72 Å². The third kappa shape index (κ3) is 4.36. The van der Waals surface area contributed by atoms with E-state index in [4.69, 9.17) is 4.74 Å². The molecule has 152 valence electrons. The first kappa shape index (κ1) is 20.7. The summed E-state index contributed by atoms with van der Waals surface area (Å²) in [7, 11) is -2.80. The third-order valence-electron chi connectivity index (χ3n) is 4.41. The van der Waals surface area contributed by atoms with Crippen LogP contribution in [0.3, 0.4) is 0 Å². The van der Waals surface area contributed by atoms with E-state index >= 15 is 0 Å². The van der Waals surface area contributed by atoms with E-state index in [1.807, 2.05) is 12.1 Å². The molecule has 1 heterocycles. The lowest BCUT2D eigenvalue weighted by molar-refractivity contribution is -0.146. The van der Waals surface area contributed by atoms with E-state index in [-0.39, 0.29) is 4.90 Å². The number of benzene rings is 2. The van der Waals surface area contributed by atoms with Crippen molar-refractivity contribution in [3.63, 3.8) is 0 Å². The Morgan fingerprint density at radius 2 is 1.79 bits per heavy atom. The van der Waals surface area contributed by atoms with Crippen molar-refractivity contribution in [2.24, 2.45) is 0 Å². The number of nitrogens with one attached hydrogen (secondary N) is 1. The molecule has 0 saturated carbocycles. The van der Waals surface area contributed by atoms with Crippen molar-refractivity contribution in [3.05, 3.63) is 66.1 Å². The fourth-order valence-corrected chi connectivity index (χ4v) is 3.95. The molecule has 0 radical (unpaired) electrons. The molecule has 3 aromatic rings. The molecule has 1 atom stereocenters. The first-order valence-electron chi connectivity index (χ1n) is 8.72. The standard InChI is InChI=1S/C20H19FN2O5S/c1-13(20(25)17-11-22-18-6-4-3-5-16(17)18)28-19(24)12-23(2)29(26,27)15-9-7-14(21)8-10-15/h3-11,13,22H,12H2,1-2H3/t13-/m1/s1. The molecular weight excluding hydrogens is 399 g/mol. The number of nitrogens with zero attached hydrogens (tertiary/aromatic N) is 1. The van der Waals surface area contributed by atoms with Gasteiger partial charge in [0.2, 0.25) is 15.8 Å². The zero-order valence-electron chi connectivity index (χ0n) is 15.8. The zero-order valence-corrected chi connectivity index (χ0v) is 16.6. The van der Waals surface area contributed by atoms with E-state index in [1.165, 1.54) is 14.0 Å². The number of fused-ring (bicyclic) bond motifs is 1. The van der Waals surface area contributed by atoms with Gasteiger partial charge in [-0.15, -0.1) is 0 Å². The van der Waals surface area contributed by atoms with Crippen LogP contribution in [0.1, 0.15) is 17.3 Å². The highest BCUT2D eigenvalue weighted by Gasteiger charge is 2.27. The van der Waals surface area contributed by atoms with E-state index in [1.54, 1.807) is 18.3 Å². The number of para-hydroxylation sites is 1. The molecule has 0 fully saturated rings. The average molecular weight is 418 g/mol. The fraction of sp³-hybridized carbons (Fsp3) is 0.200. The number of aromatic amines is 1. The summed E-state index contributed by atoms with van der Waals surface area (Å²) in [5.74, 6) is -1.85. The molecule has 0 spiro atoms. The quantitative estimate of drug-likeness (QED) is 0.470. The van der Waals surface area contributed by atoms with Crippen molar-refractivity contribution >= 4 is 32.7 Å². The molecular formula is C20H19FN2O5S. The molecule has 0 aliphatic heterocycles. The zero-order chi connectivity index (χ0) is 21.2. The smallest absolute Gasteiger partial charge is 0.322 e. The molecule has 0 amide bonds. The fourth-order valence-electron chi connectivity index (χ4n) is 2.84. The number of rotatable bonds is 7. The summed E-state index contributed by atoms with van der Waals surface area (Å²) in [5, 5.41) is 0.705. The van der Waals surface area contributed by atoms with Crippen molar-refractivity contribution in [1.82, 2.24) is 9.29 Å². The highest BCUT2D eigenvalue weighted by atomic mass is 32.2. The van der Waals surface area contributed by atoms with Crippen molar-refractivity contribution in [2.45, 2.75) is 17.9 Å². The monoisotopic (exact) mass is 418 g/mol. The summed E-state index contributed by atoms with van der Waals surface area (Å²) in [6, 6.07) is 11.5. The van der Waals surface area contributed by atoms with Crippen LogP contribution in [0.25, 0.3) is 10.9 Å². The number of H-pyrrole nitrogens is 1. The predicted octanol–water partition coefficient (Wildman–Crippen LogP) is 2.74. The molecule has 0 saturated heterocycles. The minimum absolute atomic E-state index is 0.155. The van der Waals surface area contributed by atoms with E-state index in [9.17, 15) is 22.4 Å². The van der Waals surface area contributed by atoms with E-state index in [0.29, 0.717) is 10.9 Å². The van der Waals surface area contributed by atoms with Crippen molar-refractivity contribution in [2.75, 3.05) is 13.6 Å². The number of ether oxygens (including phenoxy) is 1. The van der Waals surface area contributed by atoms with Crippen LogP contribution in [0.15, 0.2) is 59.6 Å². The summed E-state index contributed by atoms with van der Waals surface area (Å²) in [6.45, 7) is 0.835. The summed E-state index contributed by atoms with van der Waals surface area (Å²) in [5.41, 5.74) is 1.16. The molecule has 1 N–H and O–H groups in total. The molecule has 29 heavy (non-hydrogen) atoms. The Morgan fingerprint density at radius 1 is 1.14 bits per heavy atom. The van der Waals surface area contributed by atoms with Gasteiger partial charge in [0, 0.05) is 29.7 Å². The SMILES string of the molecule is C[C@@H](OC(=O)CN(C)S(=O)(=O)c1ccc(F)cc1)C(=O)c1c[nH]c2ccccc12. The van der Waals surface area contributed by atoms with E-state index in [2.05, 4.69) is 4.98 Å². The number of aromatic nitrogens is 1. The van der Waals surface area contributed by atoms with Gasteiger partial charge in [-0.2, -0.15) is 4.31 Å². The lowest BCUT2D eigenvalue weighted by Crippen LogP contribution is -2.35. The minimum Gasteiger partial charge on any atom is -0.453 e. The van der Waals surface area contributed by atoms with Gasteiger partial charge in [0.15, 0.2) is 6.10 Å². The Hall–Kier alpha value is -3.04. The van der Waals surface area contributed by atoms with Gasteiger partial charge in [0.1, 0.15) is 12.4 Å². The Balaban J connectivity index is 1.66. The summed E-state index contributed by atoms with van der Waals surface area (Å²) < 4.78 is 43.8. The number of hydrogen-bond donors (Lipinski definition) is 1. The molecule has 7 nitrogen and oxygen atoms in total. The number of esters is 1. The molecule has 0 bridgehead atoms. The van der Waals surface area contributed by atoms with Gasteiger partial charge in [-0.25, -0.2) is 12.8 Å². The number of likely N-dealkylation sites (N-methyl/N-ethyl adjacent to an activating group) is 1. The highest BCUT2D eigenvalue weighted by molar-refractivity contribution is 7.89. The topological polar surface area (TPSA) is 96.5 Å². The first-order chi connectivity index (χ1) is 13.7. The van der Waals surface area contributed by atoms with Gasteiger partial charge in [-0.3, -0.25) is 9.59 Å². The first-order valence-corrected chi connectivity index (χ1v) is 10.2. The molecule has 0 aliphatic rings. The maximum atomic E-state index is 13.0. The average Bonchev–Trinajstić information content (AvgIpc) is 3.11. The van der Waals surface area contributed by atoms with Crippen LogP contribution >= 0.6 is 0 Å². The van der Waals surface area contributed by atoms with Crippen LogP contribution in [0.5, 0.6) is 0 Å². The number of Topliss-reactive ketones (excluding diaryl/α,β-unsaturated/α-hetero) is 1. The Bertz CT molecular complexity index is 1160. The number of ketones is 1. The Labute approximate surface area is 167 Å². The Morgan fingerprint density at radius 3 is 2.48 bits per heavy atom. The normalized spacial score (nSPS) is 12.8. The second kappa shape index (κ2) is 8.14. The van der Waals surface area contributed by atoms with Gasteiger partial charge in [0.25, 0.3) is 0 Å². The molecule has 2 aromatic carbocycles. The van der Waals surface area contributed by atoms with E-state index < -0.39 is 40.2 Å². The van der Waals surface area contributed by atoms with Gasteiger partial charge in [-0.05, 0) is 37.3 Å². The number of sulfonamides is 1. The van der Waals surface area contributed by atoms with Crippen LogP contribution < -0.4 is 0 Å². The molecule has 0 unspecified atom stereocenters. The Kier molecular flexibility index (Phi) is 5.81. The van der Waals surface area contributed by atoms with E-state index in [0.717, 1.165) is 34.1 Å². The predicted molar refractivity (Wildman–Crippen MR) is 104 cm³/mol. The largest absolute Gasteiger partial charge is 0.453 e. The highest BCUT2D eigenvalue weighted by Crippen LogP contribution is 2.20. The maximum absolute atomic E-state index is 13.0. The number of hydrogen-bond acceptors (Lipinski definition) is 5. The second-order valence-electron chi connectivity index (χ2n) is 6.46. The molecule has 1 aromatic heterocycles. The number of carbonyl (C=O) groups excluding carboxylic acids is 2. The number of carbonyl (C=O) groups is 2. The van der Waals surface area contributed by atoms with Gasteiger partial charge >= 0.3 is 5.97 Å². The summed E-state index contributed by atoms with van der Waals surface area (Å²) >= 11 is 0. The van der Waals surface area contributed by atoms with Crippen LogP contribution in [-0.2, 0) is 19.6 Å². The summed E-state index contributed by atoms with van der Waals surface area (Å²) in [6.07, 6.45) is 0.450. The second-order valence-corrected chi connectivity index (χ2v) is 8.50. The van der Waals surface area contributed by atoms with Crippen LogP contribution in [0.2, 0.25) is 0 Å². The molecule has 9 heteroatoms. The maximum Gasteiger partial charge on any atom is 0.322 e. The summed E-state index contributed by atoms with van der Waals surface area (Å²) in [4.78, 5) is 27.6. The van der Waals surface area contributed by atoms with Crippen LogP contribution in [-0.4, -0.2) is 49.2 Å². The third-order valence-corrected chi connectivity index (χ3v) is 6.22. The van der Waals surface area contributed by atoms with Gasteiger partial charge in [-0.1, -0.05) is 18.2 Å².